The average molecular weight is 297 g/mol. The highest BCUT2D eigenvalue weighted by atomic mass is 32.2. The Bertz CT molecular complexity index is 366. The van der Waals surface area contributed by atoms with Gasteiger partial charge in [-0.15, -0.1) is 0 Å². The molecule has 0 radical (unpaired) electrons. The van der Waals surface area contributed by atoms with Crippen LogP contribution in [0, 0.1) is 6.92 Å². The SMILES string of the molecule is CCCNC(CC)(CO)CCCSc1ncc(C)cn1. The van der Waals surface area contributed by atoms with E-state index in [9.17, 15) is 5.11 Å². The molecule has 4 nitrogen and oxygen atoms in total. The van der Waals surface area contributed by atoms with E-state index in [-0.39, 0.29) is 12.1 Å². The molecule has 0 aliphatic rings. The molecule has 0 aliphatic heterocycles. The third-order valence-corrected chi connectivity index (χ3v) is 4.48. The predicted octanol–water partition coefficient (Wildman–Crippen LogP) is 2.80. The molecule has 20 heavy (non-hydrogen) atoms. The summed E-state index contributed by atoms with van der Waals surface area (Å²) in [5.74, 6) is 0.985. The van der Waals surface area contributed by atoms with Gasteiger partial charge in [-0.3, -0.25) is 0 Å². The van der Waals surface area contributed by atoms with Crippen molar-refractivity contribution < 1.29 is 5.11 Å². The van der Waals surface area contributed by atoms with Crippen LogP contribution in [0.25, 0.3) is 0 Å². The van der Waals surface area contributed by atoms with Crippen LogP contribution in [0.15, 0.2) is 17.6 Å². The quantitative estimate of drug-likeness (QED) is 0.395. The maximum Gasteiger partial charge on any atom is 0.187 e. The van der Waals surface area contributed by atoms with E-state index >= 15 is 0 Å². The van der Waals surface area contributed by atoms with E-state index in [1.54, 1.807) is 11.8 Å². The molecule has 1 heterocycles. The fourth-order valence-electron chi connectivity index (χ4n) is 2.06. The zero-order chi connectivity index (χ0) is 14.8. The Morgan fingerprint density at radius 2 is 2.00 bits per heavy atom. The minimum atomic E-state index is -0.120. The van der Waals surface area contributed by atoms with Gasteiger partial charge < -0.3 is 10.4 Å². The number of aliphatic hydroxyl groups excluding tert-OH is 1. The minimum absolute atomic E-state index is 0.120. The molecule has 0 saturated carbocycles. The Morgan fingerprint density at radius 3 is 2.55 bits per heavy atom. The van der Waals surface area contributed by atoms with Crippen LogP contribution < -0.4 is 5.32 Å². The van der Waals surface area contributed by atoms with Crippen LogP contribution in [0.2, 0.25) is 0 Å². The number of aliphatic hydroxyl groups is 1. The van der Waals surface area contributed by atoms with E-state index in [1.807, 2.05) is 19.3 Å². The number of thioether (sulfide) groups is 1. The molecule has 5 heteroatoms. The lowest BCUT2D eigenvalue weighted by Gasteiger charge is -2.32. The van der Waals surface area contributed by atoms with Crippen molar-refractivity contribution in [1.82, 2.24) is 15.3 Å². The van der Waals surface area contributed by atoms with Gasteiger partial charge in [0.1, 0.15) is 0 Å². The molecule has 0 amide bonds. The summed E-state index contributed by atoms with van der Waals surface area (Å²) in [5, 5.41) is 14.0. The van der Waals surface area contributed by atoms with Crippen LogP contribution >= 0.6 is 11.8 Å². The monoisotopic (exact) mass is 297 g/mol. The molecule has 114 valence electrons. The van der Waals surface area contributed by atoms with Crippen molar-refractivity contribution in [2.24, 2.45) is 0 Å². The van der Waals surface area contributed by atoms with Crippen molar-refractivity contribution in [1.29, 1.82) is 0 Å². The first-order valence-corrected chi connectivity index (χ1v) is 8.41. The van der Waals surface area contributed by atoms with Crippen LogP contribution in [0.3, 0.4) is 0 Å². The predicted molar refractivity (Wildman–Crippen MR) is 85.1 cm³/mol. The Labute approximate surface area is 126 Å². The Balaban J connectivity index is 2.34. The Morgan fingerprint density at radius 1 is 1.30 bits per heavy atom. The highest BCUT2D eigenvalue weighted by molar-refractivity contribution is 7.99. The van der Waals surface area contributed by atoms with Gasteiger partial charge in [0.25, 0.3) is 0 Å². The van der Waals surface area contributed by atoms with Crippen molar-refractivity contribution in [3.05, 3.63) is 18.0 Å². The van der Waals surface area contributed by atoms with Crippen molar-refractivity contribution in [2.75, 3.05) is 18.9 Å². The Kier molecular flexibility index (Phi) is 8.11. The van der Waals surface area contributed by atoms with Gasteiger partial charge in [-0.25, -0.2) is 9.97 Å². The second-order valence-corrected chi connectivity index (χ2v) is 6.28. The van der Waals surface area contributed by atoms with Gasteiger partial charge >= 0.3 is 0 Å². The summed E-state index contributed by atoms with van der Waals surface area (Å²) in [6.07, 6.45) is 7.78. The van der Waals surface area contributed by atoms with E-state index in [1.165, 1.54) is 0 Å². The van der Waals surface area contributed by atoms with Gasteiger partial charge in [-0.1, -0.05) is 25.6 Å². The first-order chi connectivity index (χ1) is 9.65. The molecule has 1 rings (SSSR count). The van der Waals surface area contributed by atoms with Gasteiger partial charge in [0, 0.05) is 23.7 Å². The molecular weight excluding hydrogens is 270 g/mol. The zero-order valence-electron chi connectivity index (χ0n) is 12.9. The fraction of sp³-hybridized carbons (Fsp3) is 0.733. The van der Waals surface area contributed by atoms with Crippen molar-refractivity contribution in [3.63, 3.8) is 0 Å². The number of nitrogens with zero attached hydrogens (tertiary/aromatic N) is 2. The summed E-state index contributed by atoms with van der Waals surface area (Å²) >= 11 is 1.68. The molecular formula is C15H27N3OS. The van der Waals surface area contributed by atoms with Crippen LogP contribution in [0.4, 0.5) is 0 Å². The zero-order valence-corrected chi connectivity index (χ0v) is 13.7. The van der Waals surface area contributed by atoms with Crippen molar-refractivity contribution in [2.45, 2.75) is 57.1 Å². The first kappa shape index (κ1) is 17.4. The van der Waals surface area contributed by atoms with E-state index in [0.717, 1.165) is 48.7 Å². The number of aromatic nitrogens is 2. The molecule has 0 aliphatic carbocycles. The van der Waals surface area contributed by atoms with E-state index < -0.39 is 0 Å². The van der Waals surface area contributed by atoms with E-state index in [2.05, 4.69) is 29.1 Å². The van der Waals surface area contributed by atoms with Crippen LogP contribution in [0.5, 0.6) is 0 Å². The van der Waals surface area contributed by atoms with Crippen LogP contribution in [-0.4, -0.2) is 39.5 Å². The van der Waals surface area contributed by atoms with Crippen molar-refractivity contribution in [3.8, 4) is 0 Å². The molecule has 1 unspecified atom stereocenters. The smallest absolute Gasteiger partial charge is 0.187 e. The summed E-state index contributed by atoms with van der Waals surface area (Å²) in [4.78, 5) is 8.58. The maximum absolute atomic E-state index is 9.66. The molecule has 0 spiro atoms. The second kappa shape index (κ2) is 9.32. The first-order valence-electron chi connectivity index (χ1n) is 7.43. The highest BCUT2D eigenvalue weighted by Gasteiger charge is 2.25. The maximum atomic E-state index is 9.66. The lowest BCUT2D eigenvalue weighted by Crippen LogP contribution is -2.48. The molecule has 1 aromatic rings. The third kappa shape index (κ3) is 5.77. The molecule has 1 atom stereocenters. The average Bonchev–Trinajstić information content (AvgIpc) is 2.49. The molecule has 0 fully saturated rings. The molecule has 0 bridgehead atoms. The number of hydrogen-bond donors (Lipinski definition) is 2. The number of aryl methyl sites for hydroxylation is 1. The molecule has 2 N–H and O–H groups in total. The molecule has 0 saturated heterocycles. The van der Waals surface area contributed by atoms with E-state index in [4.69, 9.17) is 0 Å². The normalized spacial score (nSPS) is 14.2. The molecule has 0 aromatic carbocycles. The lowest BCUT2D eigenvalue weighted by atomic mass is 9.91. The number of hydrogen-bond acceptors (Lipinski definition) is 5. The summed E-state index contributed by atoms with van der Waals surface area (Å²) < 4.78 is 0. The summed E-state index contributed by atoms with van der Waals surface area (Å²) in [6.45, 7) is 7.44. The topological polar surface area (TPSA) is 58.0 Å². The largest absolute Gasteiger partial charge is 0.394 e. The van der Waals surface area contributed by atoms with Gasteiger partial charge in [0.05, 0.1) is 6.61 Å². The summed E-state index contributed by atoms with van der Waals surface area (Å²) in [7, 11) is 0. The lowest BCUT2D eigenvalue weighted by molar-refractivity contribution is 0.146. The van der Waals surface area contributed by atoms with Crippen molar-refractivity contribution >= 4 is 11.8 Å². The van der Waals surface area contributed by atoms with E-state index in [0.29, 0.717) is 0 Å². The van der Waals surface area contributed by atoms with Crippen LogP contribution in [0.1, 0.15) is 45.1 Å². The fourth-order valence-corrected chi connectivity index (χ4v) is 2.78. The van der Waals surface area contributed by atoms with Gasteiger partial charge in [-0.05, 0) is 44.7 Å². The van der Waals surface area contributed by atoms with Gasteiger partial charge in [0.2, 0.25) is 0 Å². The molecule has 1 aromatic heterocycles. The summed E-state index contributed by atoms with van der Waals surface area (Å²) in [5.41, 5.74) is 0.966. The standard InChI is InChI=1S/C15H27N3OS/c1-4-8-18-15(5-2,12-19)7-6-9-20-14-16-10-13(3)11-17-14/h10-11,18-19H,4-9,12H2,1-3H3. The van der Waals surface area contributed by atoms with Gasteiger partial charge in [0.15, 0.2) is 5.16 Å². The van der Waals surface area contributed by atoms with Gasteiger partial charge in [-0.2, -0.15) is 0 Å². The number of rotatable bonds is 10. The Hall–Kier alpha value is -0.650. The minimum Gasteiger partial charge on any atom is -0.394 e. The summed E-state index contributed by atoms with van der Waals surface area (Å²) in [6, 6.07) is 0. The number of nitrogens with one attached hydrogen (secondary N) is 1. The third-order valence-electron chi connectivity index (χ3n) is 3.52. The van der Waals surface area contributed by atoms with Crippen LogP contribution in [-0.2, 0) is 0 Å². The highest BCUT2D eigenvalue weighted by Crippen LogP contribution is 2.21. The second-order valence-electron chi connectivity index (χ2n) is 5.21.